The first kappa shape index (κ1) is 88.5. The van der Waals surface area contributed by atoms with Crippen LogP contribution >= 0.6 is 0 Å². The monoisotopic (exact) mass is 1120 g/mol. The van der Waals surface area contributed by atoms with Crippen molar-refractivity contribution >= 4 is 60.6 Å². The molecule has 1 aliphatic rings. The van der Waals surface area contributed by atoms with E-state index in [1.165, 1.54) is 26.5 Å². The summed E-state index contributed by atoms with van der Waals surface area (Å²) in [5, 5.41) is 29.4. The number of sulfonamides is 2. The normalized spacial score (nSPS) is 12.6. The molecule has 0 fully saturated rings. The van der Waals surface area contributed by atoms with Crippen molar-refractivity contribution in [3.05, 3.63) is 12.3 Å². The van der Waals surface area contributed by atoms with E-state index in [9.17, 15) is 45.6 Å². The molecule has 0 bridgehead atoms. The highest BCUT2D eigenvalue weighted by atomic mass is 32.2. The van der Waals surface area contributed by atoms with E-state index in [4.69, 9.17) is 26.8 Å². The Balaban J connectivity index is -0.000000113. The zero-order valence-electron chi connectivity index (χ0n) is 51.3. The Morgan fingerprint density at radius 3 is 1.15 bits per heavy atom. The van der Waals surface area contributed by atoms with Gasteiger partial charge in [-0.15, -0.1) is 0 Å². The minimum atomic E-state index is -3.24. The van der Waals surface area contributed by atoms with E-state index in [0.717, 1.165) is 62.8 Å². The Morgan fingerprint density at radius 2 is 1.01 bits per heavy atom. The predicted molar refractivity (Wildman–Crippen MR) is 312 cm³/mol. The number of nitrogens with two attached hydrogens (primary N) is 3. The van der Waals surface area contributed by atoms with Gasteiger partial charge in [-0.3, -0.25) is 33.8 Å². The van der Waals surface area contributed by atoms with Gasteiger partial charge < -0.3 is 26.8 Å². The lowest BCUT2D eigenvalue weighted by Gasteiger charge is -2.10. The molecule has 0 saturated carbocycles. The first-order valence-corrected chi connectivity index (χ1v) is 30.1. The van der Waals surface area contributed by atoms with Crippen LogP contribution in [0, 0.1) is 53.3 Å². The van der Waals surface area contributed by atoms with E-state index in [1.54, 1.807) is 41.5 Å². The third kappa shape index (κ3) is 73.0. The number of aliphatic hydroxyl groups excluding tert-OH is 3. The molecule has 1 aliphatic heterocycles. The molecule has 0 spiro atoms. The molecule has 75 heavy (non-hydrogen) atoms. The first-order chi connectivity index (χ1) is 33.7. The number of Topliss-reactive ketones (excluding diaryl/α,β-unsaturated/α-hetero) is 5. The van der Waals surface area contributed by atoms with Crippen molar-refractivity contribution < 1.29 is 60.9 Å². The van der Waals surface area contributed by atoms with Gasteiger partial charge in [0.15, 0.2) is 11.6 Å². The second-order valence-electron chi connectivity index (χ2n) is 21.5. The van der Waals surface area contributed by atoms with Crippen LogP contribution in [0.5, 0.6) is 0 Å². The summed E-state index contributed by atoms with van der Waals surface area (Å²) >= 11 is 0. The van der Waals surface area contributed by atoms with Crippen LogP contribution < -0.4 is 21.3 Å². The molecule has 0 aromatic heterocycles. The highest BCUT2D eigenvalue weighted by Crippen LogP contribution is 2.19. The lowest BCUT2D eigenvalue weighted by atomic mass is 9.99. The lowest BCUT2D eigenvalue weighted by molar-refractivity contribution is -0.129. The summed E-state index contributed by atoms with van der Waals surface area (Å²) < 4.78 is 43.3. The molecule has 1 rings (SSSR count). The molecule has 0 aromatic carbocycles. The van der Waals surface area contributed by atoms with Gasteiger partial charge in [-0.05, 0) is 77.0 Å². The van der Waals surface area contributed by atoms with Crippen molar-refractivity contribution in [1.29, 1.82) is 0 Å². The standard InChI is InChI=1S/C8H13N.C7H14N2O2.2C7H14O.C6H13NO3S.C6H12O2.C6H14O.C5H12O.C3H9NO2S/c1-6(2)8-5-4-7(3)9-8;1-4(2)7(11)5(8)3-6(9)10;1-5(2)7(8)6(3)4;1-4-5-7(8)6(2)3;1-5(2)6(8)4-7-11(3,9)10;1-4(2)6(8)5(3)7;1-6(2)4-3-5-7;1-5(2)3-4-6;1-3(2)7(4,5)6/h6H,3-5H2,1-2H3;4-5H,3,8H2,1-2H3,(H2,9,10);5-6H,1-4H3;6H,4-5H2,1-3H3;5,7H,4H2,1-3H3;4-5,7H,1-3H3;6-7H,3-5H2,1-2H3;5-6H,3-4H2,1-2H3;3H,1-2H3,(H2,4,5,6)/t;;;;;5-;;;/m.....0.../s1. The number of hydrogen-bond acceptors (Lipinski definition) is 15. The first-order valence-electron chi connectivity index (χ1n) is 26.6. The van der Waals surface area contributed by atoms with Gasteiger partial charge in [-0.25, -0.2) is 26.7 Å². The van der Waals surface area contributed by atoms with Gasteiger partial charge in [-0.1, -0.05) is 138 Å². The summed E-state index contributed by atoms with van der Waals surface area (Å²) in [4.78, 5) is 68.7. The summed E-state index contributed by atoms with van der Waals surface area (Å²) in [6.07, 6.45) is 7.15. The summed E-state index contributed by atoms with van der Waals surface area (Å²) in [6.45, 7) is 45.9. The predicted octanol–water partition coefficient (Wildman–Crippen LogP) is 8.16. The van der Waals surface area contributed by atoms with Crippen molar-refractivity contribution in [2.75, 3.05) is 26.0 Å². The van der Waals surface area contributed by atoms with Gasteiger partial charge in [0.2, 0.25) is 26.0 Å². The lowest BCUT2D eigenvalue weighted by Crippen LogP contribution is -2.37. The second-order valence-corrected chi connectivity index (χ2v) is 25.4. The minimum absolute atomic E-state index is 0.0463. The summed E-state index contributed by atoms with van der Waals surface area (Å²) in [7, 11) is -6.46. The molecule has 0 aliphatic carbocycles. The summed E-state index contributed by atoms with van der Waals surface area (Å²) in [5.74, 6) is 2.23. The van der Waals surface area contributed by atoms with Gasteiger partial charge in [-0.2, -0.15) is 0 Å². The maximum Gasteiger partial charge on any atom is 0.219 e. The molecule has 1 heterocycles. The van der Waals surface area contributed by atoms with Crippen LogP contribution in [0.15, 0.2) is 17.3 Å². The Bertz CT molecular complexity index is 1730. The fourth-order valence-corrected chi connectivity index (χ4v) is 5.00. The maximum atomic E-state index is 11.0. The van der Waals surface area contributed by atoms with E-state index in [2.05, 4.69) is 63.0 Å². The van der Waals surface area contributed by atoms with E-state index < -0.39 is 43.3 Å². The molecule has 0 saturated heterocycles. The van der Waals surface area contributed by atoms with Crippen LogP contribution in [0.1, 0.15) is 204 Å². The number of ketones is 5. The molecule has 450 valence electrons. The van der Waals surface area contributed by atoms with E-state index >= 15 is 0 Å². The number of carbonyl (C=O) groups excluding carboxylic acids is 6. The van der Waals surface area contributed by atoms with Crippen molar-refractivity contribution in [2.24, 2.45) is 74.9 Å². The molecule has 20 heteroatoms. The van der Waals surface area contributed by atoms with Gasteiger partial charge in [0.25, 0.3) is 0 Å². The highest BCUT2D eigenvalue weighted by molar-refractivity contribution is 7.89. The molecule has 10 N–H and O–H groups in total. The topological polar surface area (TPSA) is 334 Å². The molecular weight excluding hydrogens is 1000 g/mol. The van der Waals surface area contributed by atoms with Crippen LogP contribution in [0.25, 0.3) is 0 Å². The Kier molecular flexibility index (Phi) is 60.9. The zero-order chi connectivity index (χ0) is 61.7. The number of primary amides is 1. The Morgan fingerprint density at radius 1 is 0.627 bits per heavy atom. The van der Waals surface area contributed by atoms with Crippen molar-refractivity contribution in [3.8, 4) is 0 Å². The maximum absolute atomic E-state index is 11.0. The highest BCUT2D eigenvalue weighted by Gasteiger charge is 2.18. The number of allylic oxidation sites excluding steroid dienone is 1. The number of aliphatic imine (C=N–C) groups is 1. The van der Waals surface area contributed by atoms with Crippen LogP contribution in [-0.4, -0.2) is 116 Å². The van der Waals surface area contributed by atoms with Crippen LogP contribution in [0.3, 0.4) is 0 Å². The number of rotatable bonds is 22. The van der Waals surface area contributed by atoms with E-state index in [1.807, 2.05) is 48.5 Å². The third-order valence-corrected chi connectivity index (χ3v) is 11.7. The molecule has 1 amide bonds. The molecule has 0 radical (unpaired) electrons. The average Bonchev–Trinajstić information content (AvgIpc) is 3.71. The number of aliphatic hydroxyl groups is 3. The smallest absolute Gasteiger partial charge is 0.219 e. The third-order valence-electron chi connectivity index (χ3n) is 9.71. The average molecular weight is 1120 g/mol. The number of nitrogens with zero attached hydrogens (tertiary/aromatic N) is 1. The quantitative estimate of drug-likeness (QED) is 0.0538. The van der Waals surface area contributed by atoms with Gasteiger partial charge in [0, 0.05) is 73.0 Å². The fraction of sp³-hybridized carbons (Fsp3) is 0.836. The van der Waals surface area contributed by atoms with Crippen molar-refractivity contribution in [2.45, 2.75) is 221 Å². The Labute approximate surface area is 458 Å². The van der Waals surface area contributed by atoms with Crippen LogP contribution in [0.2, 0.25) is 0 Å². The number of carbonyl (C=O) groups is 6. The number of hydrogen-bond donors (Lipinski definition) is 7. The van der Waals surface area contributed by atoms with Gasteiger partial charge in [0.1, 0.15) is 23.5 Å². The largest absolute Gasteiger partial charge is 0.396 e. The van der Waals surface area contributed by atoms with Gasteiger partial charge in [0.05, 0.1) is 24.1 Å². The number of nitrogens with one attached hydrogen (secondary N) is 1. The number of amides is 1. The van der Waals surface area contributed by atoms with Crippen molar-refractivity contribution in [1.82, 2.24) is 4.72 Å². The molecule has 18 nitrogen and oxygen atoms in total. The van der Waals surface area contributed by atoms with E-state index in [0.29, 0.717) is 36.6 Å². The zero-order valence-corrected chi connectivity index (χ0v) is 53.0. The minimum Gasteiger partial charge on any atom is -0.396 e. The second kappa shape index (κ2) is 51.6. The van der Waals surface area contributed by atoms with Crippen LogP contribution in [-0.2, 0) is 48.8 Å². The molecule has 0 aromatic rings. The summed E-state index contributed by atoms with van der Waals surface area (Å²) in [6, 6.07) is -0.729. The van der Waals surface area contributed by atoms with Crippen molar-refractivity contribution in [3.63, 3.8) is 0 Å². The van der Waals surface area contributed by atoms with Gasteiger partial charge >= 0.3 is 0 Å². The molecule has 1 unspecified atom stereocenters. The van der Waals surface area contributed by atoms with Crippen LogP contribution in [0.4, 0.5) is 0 Å². The molecular formula is C55H115N5O13S2. The number of primary sulfonamides is 1. The molecule has 2 atom stereocenters. The fourth-order valence-electron chi connectivity index (χ4n) is 4.60. The Hall–Kier alpha value is -3.11. The summed E-state index contributed by atoms with van der Waals surface area (Å²) in [5.41, 5.74) is 12.6. The SMILES string of the molecule is C=C1CCC(C(C)C)=N1.CC(C)C(=O)C(C)C.CC(C)C(=O)C(N)CC(N)=O.CC(C)C(=O)CNS(C)(=O)=O.CC(C)C(=O)[C@H](C)O.CC(C)CCCO.CC(C)CCO.CC(C)S(N)(=O)=O.CCCC(=O)C(C)C. The van der Waals surface area contributed by atoms with E-state index in [-0.39, 0.29) is 65.8 Å².